The third-order valence-corrected chi connectivity index (χ3v) is 6.01. The van der Waals surface area contributed by atoms with E-state index in [1.165, 1.54) is 4.31 Å². The Morgan fingerprint density at radius 3 is 2.36 bits per heavy atom. The molecule has 0 heterocycles. The number of nitrogens with one attached hydrogen (secondary N) is 2. The van der Waals surface area contributed by atoms with Crippen molar-refractivity contribution in [3.05, 3.63) is 35.9 Å². The van der Waals surface area contributed by atoms with E-state index in [4.69, 9.17) is 0 Å². The summed E-state index contributed by atoms with van der Waals surface area (Å²) in [5, 5.41) is 15.7. The highest BCUT2D eigenvalue weighted by Gasteiger charge is 2.18. The smallest absolute Gasteiger partial charge is 0.215 e. The highest BCUT2D eigenvalue weighted by molar-refractivity contribution is 7.89. The van der Waals surface area contributed by atoms with Crippen LogP contribution in [0.15, 0.2) is 35.3 Å². The van der Waals surface area contributed by atoms with Gasteiger partial charge in [0, 0.05) is 39.1 Å². The molecule has 0 radical (unpaired) electrons. The molecule has 0 bridgehead atoms. The molecule has 1 rings (SSSR count). The number of sulfonamides is 1. The predicted octanol–water partition coefficient (Wildman–Crippen LogP) is 0.599. The van der Waals surface area contributed by atoms with Crippen LogP contribution >= 0.6 is 0 Å². The van der Waals surface area contributed by atoms with Gasteiger partial charge in [0.2, 0.25) is 10.0 Å². The summed E-state index contributed by atoms with van der Waals surface area (Å²) in [4.78, 5) is 4.10. The standard InChI is InChI=1S/C17H30N4O3S/c1-4-21(5-2)25(23,24)12-11-19-17(18-3)20-13-16(14-22)15-9-7-6-8-10-15/h6-10,16,22H,4-5,11-14H2,1-3H3,(H2,18,19,20). The second-order valence-electron chi connectivity index (χ2n) is 5.57. The van der Waals surface area contributed by atoms with E-state index in [9.17, 15) is 13.5 Å². The van der Waals surface area contributed by atoms with Gasteiger partial charge in [-0.25, -0.2) is 12.7 Å². The normalized spacial score (nSPS) is 13.7. The van der Waals surface area contributed by atoms with Crippen LogP contribution in [0.25, 0.3) is 0 Å². The van der Waals surface area contributed by atoms with Crippen LogP contribution in [-0.4, -0.2) is 69.4 Å². The monoisotopic (exact) mass is 370 g/mol. The molecule has 3 N–H and O–H groups in total. The number of guanidine groups is 1. The maximum absolute atomic E-state index is 12.2. The molecule has 0 fully saturated rings. The Labute approximate surface area is 151 Å². The molecule has 0 saturated heterocycles. The first-order valence-corrected chi connectivity index (χ1v) is 10.2. The quantitative estimate of drug-likeness (QED) is 0.414. The van der Waals surface area contributed by atoms with Crippen LogP contribution in [0.3, 0.4) is 0 Å². The van der Waals surface area contributed by atoms with Crippen LogP contribution in [0.1, 0.15) is 25.3 Å². The molecule has 1 unspecified atom stereocenters. The zero-order valence-corrected chi connectivity index (χ0v) is 16.1. The van der Waals surface area contributed by atoms with E-state index in [0.29, 0.717) is 25.6 Å². The van der Waals surface area contributed by atoms with Gasteiger partial charge in [0.05, 0.1) is 12.4 Å². The van der Waals surface area contributed by atoms with Gasteiger partial charge in [-0.3, -0.25) is 4.99 Å². The Morgan fingerprint density at radius 1 is 1.20 bits per heavy atom. The Kier molecular flexibility index (Phi) is 9.48. The Morgan fingerprint density at radius 2 is 1.84 bits per heavy atom. The zero-order valence-electron chi connectivity index (χ0n) is 15.3. The number of hydrogen-bond acceptors (Lipinski definition) is 4. The second-order valence-corrected chi connectivity index (χ2v) is 7.66. The number of aliphatic hydroxyl groups excluding tert-OH is 1. The summed E-state index contributed by atoms with van der Waals surface area (Å²) in [5.41, 5.74) is 1.04. The molecule has 0 aliphatic rings. The van der Waals surface area contributed by atoms with Crippen molar-refractivity contribution < 1.29 is 13.5 Å². The van der Waals surface area contributed by atoms with Crippen molar-refractivity contribution in [3.8, 4) is 0 Å². The number of hydrogen-bond donors (Lipinski definition) is 3. The molecule has 142 valence electrons. The van der Waals surface area contributed by atoms with Gasteiger partial charge in [0.25, 0.3) is 0 Å². The average Bonchev–Trinajstić information content (AvgIpc) is 2.62. The van der Waals surface area contributed by atoms with Crippen molar-refractivity contribution >= 4 is 16.0 Å². The van der Waals surface area contributed by atoms with Crippen LogP contribution in [0.5, 0.6) is 0 Å². The van der Waals surface area contributed by atoms with E-state index < -0.39 is 10.0 Å². The fourth-order valence-corrected chi connectivity index (χ4v) is 3.90. The van der Waals surface area contributed by atoms with E-state index in [1.54, 1.807) is 7.05 Å². The zero-order chi connectivity index (χ0) is 18.7. The first kappa shape index (κ1) is 21.4. The Bertz CT molecular complexity index is 616. The van der Waals surface area contributed by atoms with E-state index in [2.05, 4.69) is 15.6 Å². The molecule has 1 aromatic carbocycles. The molecule has 1 atom stereocenters. The highest BCUT2D eigenvalue weighted by atomic mass is 32.2. The molecular formula is C17H30N4O3S. The Hall–Kier alpha value is -1.64. The van der Waals surface area contributed by atoms with Gasteiger partial charge < -0.3 is 15.7 Å². The third kappa shape index (κ3) is 7.01. The number of nitrogens with zero attached hydrogens (tertiary/aromatic N) is 2. The molecule has 0 amide bonds. The fraction of sp³-hybridized carbons (Fsp3) is 0.588. The van der Waals surface area contributed by atoms with E-state index in [1.807, 2.05) is 44.2 Å². The summed E-state index contributed by atoms with van der Waals surface area (Å²) < 4.78 is 25.8. The molecule has 7 nitrogen and oxygen atoms in total. The van der Waals surface area contributed by atoms with Crippen LogP contribution in [0.2, 0.25) is 0 Å². The van der Waals surface area contributed by atoms with Gasteiger partial charge in [-0.15, -0.1) is 0 Å². The van der Waals surface area contributed by atoms with E-state index in [-0.39, 0.29) is 24.8 Å². The summed E-state index contributed by atoms with van der Waals surface area (Å²) in [6, 6.07) is 9.74. The molecule has 8 heteroatoms. The highest BCUT2D eigenvalue weighted by Crippen LogP contribution is 2.13. The van der Waals surface area contributed by atoms with Gasteiger partial charge in [0.1, 0.15) is 0 Å². The maximum atomic E-state index is 12.2. The minimum absolute atomic E-state index is 0.0114. The van der Waals surface area contributed by atoms with E-state index in [0.717, 1.165) is 5.56 Å². The van der Waals surface area contributed by atoms with Crippen molar-refractivity contribution in [1.29, 1.82) is 0 Å². The van der Waals surface area contributed by atoms with Crippen molar-refractivity contribution in [3.63, 3.8) is 0 Å². The van der Waals surface area contributed by atoms with Crippen molar-refractivity contribution in [2.75, 3.05) is 45.6 Å². The fourth-order valence-electron chi connectivity index (χ4n) is 2.50. The van der Waals surface area contributed by atoms with Gasteiger partial charge in [-0.05, 0) is 5.56 Å². The number of benzene rings is 1. The summed E-state index contributed by atoms with van der Waals surface area (Å²) >= 11 is 0. The summed E-state index contributed by atoms with van der Waals surface area (Å²) in [6.45, 7) is 5.39. The largest absolute Gasteiger partial charge is 0.396 e. The number of aliphatic imine (C=N–C) groups is 1. The molecule has 0 spiro atoms. The van der Waals surface area contributed by atoms with Crippen LogP contribution in [0, 0.1) is 0 Å². The first-order chi connectivity index (χ1) is 12.0. The van der Waals surface area contributed by atoms with Crippen molar-refractivity contribution in [1.82, 2.24) is 14.9 Å². The van der Waals surface area contributed by atoms with Gasteiger partial charge in [-0.2, -0.15) is 0 Å². The molecule has 25 heavy (non-hydrogen) atoms. The average molecular weight is 371 g/mol. The molecule has 0 aliphatic heterocycles. The molecule has 0 aromatic heterocycles. The number of aliphatic hydroxyl groups is 1. The topological polar surface area (TPSA) is 94.0 Å². The lowest BCUT2D eigenvalue weighted by molar-refractivity contribution is 0.265. The lowest BCUT2D eigenvalue weighted by atomic mass is 10.0. The van der Waals surface area contributed by atoms with Gasteiger partial charge >= 0.3 is 0 Å². The second kappa shape index (κ2) is 11.1. The summed E-state index contributed by atoms with van der Waals surface area (Å²) in [6.07, 6.45) is 0. The third-order valence-electron chi connectivity index (χ3n) is 3.98. The summed E-state index contributed by atoms with van der Waals surface area (Å²) in [7, 11) is -1.63. The van der Waals surface area contributed by atoms with Crippen LogP contribution < -0.4 is 10.6 Å². The van der Waals surface area contributed by atoms with E-state index >= 15 is 0 Å². The molecular weight excluding hydrogens is 340 g/mol. The lowest BCUT2D eigenvalue weighted by Gasteiger charge is -2.20. The summed E-state index contributed by atoms with van der Waals surface area (Å²) in [5.74, 6) is 0.473. The van der Waals surface area contributed by atoms with Crippen LogP contribution in [0.4, 0.5) is 0 Å². The van der Waals surface area contributed by atoms with Crippen molar-refractivity contribution in [2.24, 2.45) is 4.99 Å². The van der Waals surface area contributed by atoms with Gasteiger partial charge in [-0.1, -0.05) is 44.2 Å². The minimum atomic E-state index is -3.26. The molecule has 0 saturated carbocycles. The Balaban J connectivity index is 2.50. The van der Waals surface area contributed by atoms with Gasteiger partial charge in [0.15, 0.2) is 5.96 Å². The SMILES string of the molecule is CCN(CC)S(=O)(=O)CCNC(=NC)NCC(CO)c1ccccc1. The first-order valence-electron chi connectivity index (χ1n) is 8.56. The van der Waals surface area contributed by atoms with Crippen molar-refractivity contribution in [2.45, 2.75) is 19.8 Å². The molecule has 0 aliphatic carbocycles. The predicted molar refractivity (Wildman–Crippen MR) is 102 cm³/mol. The van der Waals surface area contributed by atoms with Crippen LogP contribution in [-0.2, 0) is 10.0 Å². The minimum Gasteiger partial charge on any atom is -0.396 e. The molecule has 1 aromatic rings. The number of rotatable bonds is 10. The maximum Gasteiger partial charge on any atom is 0.215 e. The lowest BCUT2D eigenvalue weighted by Crippen LogP contribution is -2.43.